The molecule has 1 atom stereocenters. The fourth-order valence-electron chi connectivity index (χ4n) is 3.58. The molecule has 0 saturated carbocycles. The number of halogens is 3. The number of carbonyl (C=O) groups excluding carboxylic acids is 3. The van der Waals surface area contributed by atoms with Crippen molar-refractivity contribution in [3.63, 3.8) is 0 Å². The van der Waals surface area contributed by atoms with Crippen molar-refractivity contribution >= 4 is 34.6 Å². The Morgan fingerprint density at radius 2 is 1.76 bits per heavy atom. The van der Waals surface area contributed by atoms with Crippen molar-refractivity contribution < 1.29 is 36.7 Å². The van der Waals surface area contributed by atoms with Crippen molar-refractivity contribution in [2.75, 3.05) is 11.9 Å². The minimum atomic E-state index is -4.98. The molecule has 0 aliphatic heterocycles. The second-order valence-electron chi connectivity index (χ2n) is 8.46. The molecule has 202 valence electrons. The third kappa shape index (κ3) is 8.36. The zero-order valence-electron chi connectivity index (χ0n) is 20.4. The fraction of sp³-hybridized carbons (Fsp3) is 0.308. The van der Waals surface area contributed by atoms with E-state index in [9.17, 15) is 32.3 Å². The van der Waals surface area contributed by atoms with Gasteiger partial charge in [0.1, 0.15) is 18.2 Å². The lowest BCUT2D eigenvalue weighted by atomic mass is 10.1. The number of fused-ring (bicyclic) bond motifs is 1. The first-order valence-electron chi connectivity index (χ1n) is 11.7. The number of hydrogen-bond donors (Lipinski definition) is 3. The van der Waals surface area contributed by atoms with Crippen LogP contribution in [0.4, 0.5) is 23.7 Å². The molecule has 0 aliphatic carbocycles. The lowest BCUT2D eigenvalue weighted by Crippen LogP contribution is -2.44. The lowest BCUT2D eigenvalue weighted by Gasteiger charge is -2.19. The Hall–Kier alpha value is -4.35. The van der Waals surface area contributed by atoms with Gasteiger partial charge in [0.05, 0.1) is 0 Å². The Kier molecular flexibility index (Phi) is 9.47. The number of ether oxygens (including phenoxy) is 1. The van der Waals surface area contributed by atoms with Gasteiger partial charge < -0.3 is 25.1 Å². The van der Waals surface area contributed by atoms with Crippen LogP contribution >= 0.6 is 0 Å². The Balaban J connectivity index is 1.64. The number of alkyl carbamates (subject to hydrolysis) is 1. The molecule has 0 fully saturated rings. The number of alkyl halides is 3. The maximum Gasteiger partial charge on any atom is 0.471 e. The molecule has 38 heavy (non-hydrogen) atoms. The van der Waals surface area contributed by atoms with E-state index in [-0.39, 0.29) is 38.0 Å². The first kappa shape index (κ1) is 28.2. The van der Waals surface area contributed by atoms with E-state index in [4.69, 9.17) is 9.15 Å². The van der Waals surface area contributed by atoms with Crippen molar-refractivity contribution in [3.8, 4) is 0 Å². The second kappa shape index (κ2) is 12.7. The number of benzene rings is 2. The van der Waals surface area contributed by atoms with Crippen LogP contribution in [-0.2, 0) is 20.9 Å². The minimum Gasteiger partial charge on any atom is -0.445 e. The van der Waals surface area contributed by atoms with Crippen LogP contribution in [0.3, 0.4) is 0 Å². The Morgan fingerprint density at radius 3 is 2.47 bits per heavy atom. The maximum absolute atomic E-state index is 13.0. The quantitative estimate of drug-likeness (QED) is 0.265. The van der Waals surface area contributed by atoms with E-state index in [1.54, 1.807) is 54.7 Å². The van der Waals surface area contributed by atoms with Crippen LogP contribution in [0, 0.1) is 6.92 Å². The van der Waals surface area contributed by atoms with E-state index in [0.717, 1.165) is 5.56 Å². The zero-order valence-corrected chi connectivity index (χ0v) is 20.4. The van der Waals surface area contributed by atoms with Gasteiger partial charge in [-0.25, -0.2) is 9.59 Å². The number of nitrogens with one attached hydrogen (secondary N) is 3. The summed E-state index contributed by atoms with van der Waals surface area (Å²) in [6.07, 6.45) is -5.45. The minimum absolute atomic E-state index is 0.0342. The molecule has 3 amide bonds. The molecule has 2 aromatic carbocycles. The molecule has 1 aromatic heterocycles. The average molecular weight is 534 g/mol. The van der Waals surface area contributed by atoms with Crippen molar-refractivity contribution in [2.24, 2.45) is 0 Å². The van der Waals surface area contributed by atoms with Gasteiger partial charge in [0.25, 0.3) is 0 Å². The SMILES string of the molecule is Cc1cc(=O)oc2cc(NC(=O)[C@H](CCCCNC(=O)C(F)(F)F)NC(=O)OCc3ccccc3)ccc12. The summed E-state index contributed by atoms with van der Waals surface area (Å²) >= 11 is 0. The van der Waals surface area contributed by atoms with E-state index < -0.39 is 35.8 Å². The molecule has 9 nitrogen and oxygen atoms in total. The summed E-state index contributed by atoms with van der Waals surface area (Å²) in [5.74, 6) is -2.66. The van der Waals surface area contributed by atoms with Gasteiger partial charge in [-0.05, 0) is 49.4 Å². The topological polar surface area (TPSA) is 127 Å². The lowest BCUT2D eigenvalue weighted by molar-refractivity contribution is -0.173. The van der Waals surface area contributed by atoms with Gasteiger partial charge in [0, 0.05) is 29.8 Å². The van der Waals surface area contributed by atoms with E-state index in [2.05, 4.69) is 10.6 Å². The molecular formula is C26H26F3N3O6. The van der Waals surface area contributed by atoms with Gasteiger partial charge in [-0.1, -0.05) is 30.3 Å². The number of hydrogen-bond acceptors (Lipinski definition) is 6. The monoisotopic (exact) mass is 533 g/mol. The molecule has 1 heterocycles. The van der Waals surface area contributed by atoms with Crippen LogP contribution in [0.5, 0.6) is 0 Å². The molecule has 12 heteroatoms. The summed E-state index contributed by atoms with van der Waals surface area (Å²) in [4.78, 5) is 48.0. The molecule has 3 N–H and O–H groups in total. The van der Waals surface area contributed by atoms with Crippen molar-refractivity contribution in [1.29, 1.82) is 0 Å². The normalized spacial score (nSPS) is 12.0. The third-order valence-electron chi connectivity index (χ3n) is 5.50. The predicted molar refractivity (Wildman–Crippen MR) is 132 cm³/mol. The number of aryl methyl sites for hydroxylation is 1. The van der Waals surface area contributed by atoms with Gasteiger partial charge in [0.2, 0.25) is 5.91 Å². The molecule has 0 aliphatic rings. The summed E-state index contributed by atoms with van der Waals surface area (Å²) in [7, 11) is 0. The molecule has 3 aromatic rings. The van der Waals surface area contributed by atoms with Crippen LogP contribution in [0.2, 0.25) is 0 Å². The molecule has 0 radical (unpaired) electrons. The van der Waals surface area contributed by atoms with Gasteiger partial charge in [-0.3, -0.25) is 9.59 Å². The van der Waals surface area contributed by atoms with Gasteiger partial charge in [-0.15, -0.1) is 0 Å². The molecular weight excluding hydrogens is 507 g/mol. The van der Waals surface area contributed by atoms with Gasteiger partial charge >= 0.3 is 23.8 Å². The van der Waals surface area contributed by atoms with E-state index in [1.807, 2.05) is 0 Å². The van der Waals surface area contributed by atoms with E-state index in [1.165, 1.54) is 12.1 Å². The number of rotatable bonds is 10. The first-order valence-corrected chi connectivity index (χ1v) is 11.7. The van der Waals surface area contributed by atoms with Crippen molar-refractivity contribution in [3.05, 3.63) is 76.1 Å². The molecule has 0 unspecified atom stereocenters. The molecule has 0 spiro atoms. The highest BCUT2D eigenvalue weighted by Crippen LogP contribution is 2.21. The number of amides is 3. The highest BCUT2D eigenvalue weighted by atomic mass is 19.4. The van der Waals surface area contributed by atoms with Crippen LogP contribution in [0.1, 0.15) is 30.4 Å². The first-order chi connectivity index (χ1) is 18.0. The number of carbonyl (C=O) groups is 3. The van der Waals surface area contributed by atoms with Crippen LogP contribution in [-0.4, -0.2) is 36.7 Å². The highest BCUT2D eigenvalue weighted by molar-refractivity contribution is 5.98. The molecule has 3 rings (SSSR count). The largest absolute Gasteiger partial charge is 0.471 e. The fourth-order valence-corrected chi connectivity index (χ4v) is 3.58. The average Bonchev–Trinajstić information content (AvgIpc) is 2.86. The zero-order chi connectivity index (χ0) is 27.7. The highest BCUT2D eigenvalue weighted by Gasteiger charge is 2.38. The summed E-state index contributed by atoms with van der Waals surface area (Å²) in [5.41, 5.74) is 1.46. The summed E-state index contributed by atoms with van der Waals surface area (Å²) < 4.78 is 47.4. The van der Waals surface area contributed by atoms with E-state index >= 15 is 0 Å². The smallest absolute Gasteiger partial charge is 0.445 e. The van der Waals surface area contributed by atoms with Crippen molar-refractivity contribution in [1.82, 2.24) is 10.6 Å². The Labute approximate surface area is 215 Å². The second-order valence-corrected chi connectivity index (χ2v) is 8.46. The summed E-state index contributed by atoms with van der Waals surface area (Å²) in [5, 5.41) is 7.56. The molecule has 0 saturated heterocycles. The Bertz CT molecular complexity index is 1340. The Morgan fingerprint density at radius 1 is 1.03 bits per heavy atom. The predicted octanol–water partition coefficient (Wildman–Crippen LogP) is 4.18. The maximum atomic E-state index is 13.0. The van der Waals surface area contributed by atoms with Crippen LogP contribution < -0.4 is 21.6 Å². The third-order valence-corrected chi connectivity index (χ3v) is 5.50. The van der Waals surface area contributed by atoms with Crippen LogP contribution in [0.15, 0.2) is 63.8 Å². The van der Waals surface area contributed by atoms with Crippen LogP contribution in [0.25, 0.3) is 11.0 Å². The standard InChI is InChI=1S/C26H26F3N3O6/c1-16-13-22(33)38-21-14-18(10-11-19(16)21)31-23(34)20(9-5-6-12-30-24(35)26(27,28)29)32-25(36)37-15-17-7-3-2-4-8-17/h2-4,7-8,10-11,13-14,20H,5-6,9,12,15H2,1H3,(H,30,35)(H,31,34)(H,32,36)/t20-/m0/s1. The molecule has 0 bridgehead atoms. The summed E-state index contributed by atoms with van der Waals surface area (Å²) in [6.45, 7) is 1.46. The van der Waals surface area contributed by atoms with E-state index in [0.29, 0.717) is 16.6 Å². The van der Waals surface area contributed by atoms with Crippen molar-refractivity contribution in [2.45, 2.75) is 45.0 Å². The number of unbranched alkanes of at least 4 members (excludes halogenated alkanes) is 1. The van der Waals surface area contributed by atoms with Gasteiger partial charge in [-0.2, -0.15) is 13.2 Å². The number of anilines is 1. The summed E-state index contributed by atoms with van der Waals surface area (Å²) in [6, 6.07) is 13.9. The van der Waals surface area contributed by atoms with Gasteiger partial charge in [0.15, 0.2) is 0 Å².